The third kappa shape index (κ3) is 4.49. The molecule has 1 aliphatic heterocycles. The van der Waals surface area contributed by atoms with E-state index in [0.717, 1.165) is 22.4 Å². The number of rotatable bonds is 7. The maximum absolute atomic E-state index is 13.4. The molecular weight excluding hydrogens is 456 g/mol. The first-order chi connectivity index (χ1) is 17.1. The minimum absolute atomic E-state index is 0.0622. The second-order valence-electron chi connectivity index (χ2n) is 9.56. The number of benzene rings is 2. The molecule has 1 aliphatic rings. The lowest BCUT2D eigenvalue weighted by molar-refractivity contribution is -0.140. The number of furan rings is 1. The van der Waals surface area contributed by atoms with E-state index in [0.29, 0.717) is 17.1 Å². The smallest absolute Gasteiger partial charge is 0.296 e. The first kappa shape index (κ1) is 25.1. The van der Waals surface area contributed by atoms with Crippen LogP contribution in [0.1, 0.15) is 53.8 Å². The summed E-state index contributed by atoms with van der Waals surface area (Å²) in [6.07, 6.45) is 1.53. The van der Waals surface area contributed by atoms with Crippen molar-refractivity contribution < 1.29 is 23.8 Å². The highest BCUT2D eigenvalue weighted by Gasteiger charge is 2.46. The number of aliphatic hydroxyl groups is 1. The Labute approximate surface area is 211 Å². The molecule has 36 heavy (non-hydrogen) atoms. The van der Waals surface area contributed by atoms with E-state index in [1.54, 1.807) is 19.2 Å². The van der Waals surface area contributed by atoms with Crippen molar-refractivity contribution in [1.82, 2.24) is 4.90 Å². The van der Waals surface area contributed by atoms with Crippen LogP contribution in [0.2, 0.25) is 0 Å². The van der Waals surface area contributed by atoms with Gasteiger partial charge in [0.05, 0.1) is 31.5 Å². The van der Waals surface area contributed by atoms with Gasteiger partial charge in [-0.25, -0.2) is 0 Å². The summed E-state index contributed by atoms with van der Waals surface area (Å²) < 4.78 is 11.0. The van der Waals surface area contributed by atoms with Gasteiger partial charge in [-0.3, -0.25) is 9.59 Å². The van der Waals surface area contributed by atoms with Crippen molar-refractivity contribution >= 4 is 23.1 Å². The minimum atomic E-state index is -0.768. The van der Waals surface area contributed by atoms with E-state index in [2.05, 4.69) is 0 Å². The number of ether oxygens (including phenoxy) is 1. The number of amides is 1. The van der Waals surface area contributed by atoms with E-state index in [-0.39, 0.29) is 23.8 Å². The predicted molar refractivity (Wildman–Crippen MR) is 139 cm³/mol. The monoisotopic (exact) mass is 488 g/mol. The summed E-state index contributed by atoms with van der Waals surface area (Å²) in [5.74, 6) is -0.198. The first-order valence-electron chi connectivity index (χ1n) is 11.9. The SMILES string of the molecule is COc1cc(C)c(/C(O)=C2\C(=O)C(=O)N(Cc3ccco3)C2c2ccc(N(C)C)cc2)cc1C(C)C. The summed E-state index contributed by atoms with van der Waals surface area (Å²) in [5.41, 5.74) is 3.92. The third-order valence-electron chi connectivity index (χ3n) is 6.63. The van der Waals surface area contributed by atoms with Crippen molar-refractivity contribution in [2.24, 2.45) is 0 Å². The fourth-order valence-electron chi connectivity index (χ4n) is 4.64. The van der Waals surface area contributed by atoms with Crippen LogP contribution < -0.4 is 9.64 Å². The van der Waals surface area contributed by atoms with Crippen molar-refractivity contribution in [2.45, 2.75) is 39.3 Å². The number of aryl methyl sites for hydroxylation is 1. The highest BCUT2D eigenvalue weighted by atomic mass is 16.5. The number of likely N-dealkylation sites (tertiary alicyclic amines) is 1. The van der Waals surface area contributed by atoms with Gasteiger partial charge in [-0.1, -0.05) is 26.0 Å². The van der Waals surface area contributed by atoms with Gasteiger partial charge >= 0.3 is 0 Å². The lowest BCUT2D eigenvalue weighted by atomic mass is 9.91. The zero-order chi connectivity index (χ0) is 26.1. The summed E-state index contributed by atoms with van der Waals surface area (Å²) in [7, 11) is 5.49. The van der Waals surface area contributed by atoms with E-state index in [1.807, 2.05) is 76.2 Å². The van der Waals surface area contributed by atoms with Crippen molar-refractivity contribution in [3.05, 3.63) is 88.4 Å². The number of hydrogen-bond donors (Lipinski definition) is 1. The lowest BCUT2D eigenvalue weighted by Crippen LogP contribution is -2.29. The number of nitrogens with zero attached hydrogens (tertiary/aromatic N) is 2. The highest BCUT2D eigenvalue weighted by molar-refractivity contribution is 6.46. The minimum Gasteiger partial charge on any atom is -0.507 e. The predicted octanol–water partition coefficient (Wildman–Crippen LogP) is 5.41. The van der Waals surface area contributed by atoms with Crippen molar-refractivity contribution in [3.8, 4) is 5.75 Å². The Balaban J connectivity index is 1.91. The van der Waals surface area contributed by atoms with Crippen LogP contribution in [0, 0.1) is 6.92 Å². The van der Waals surface area contributed by atoms with Crippen molar-refractivity contribution in [3.63, 3.8) is 0 Å². The number of carbonyl (C=O) groups excluding carboxylic acids is 2. The highest BCUT2D eigenvalue weighted by Crippen LogP contribution is 2.42. The Morgan fingerprint density at radius 1 is 1.14 bits per heavy atom. The fraction of sp³-hybridized carbons (Fsp3) is 0.310. The second kappa shape index (κ2) is 9.93. The topological polar surface area (TPSA) is 83.2 Å². The Morgan fingerprint density at radius 3 is 2.39 bits per heavy atom. The molecule has 2 heterocycles. The molecule has 1 aromatic heterocycles. The average molecular weight is 489 g/mol. The largest absolute Gasteiger partial charge is 0.507 e. The second-order valence-corrected chi connectivity index (χ2v) is 9.56. The van der Waals surface area contributed by atoms with Crippen LogP contribution in [0.5, 0.6) is 5.75 Å². The van der Waals surface area contributed by atoms with Crippen LogP contribution in [0.15, 0.2) is 64.8 Å². The summed E-state index contributed by atoms with van der Waals surface area (Å²) in [5, 5.41) is 11.6. The molecule has 7 heteroatoms. The van der Waals surface area contributed by atoms with Crippen molar-refractivity contribution in [2.75, 3.05) is 26.1 Å². The molecule has 188 valence electrons. The maximum Gasteiger partial charge on any atom is 0.296 e. The van der Waals surface area contributed by atoms with Crippen LogP contribution in [0.25, 0.3) is 5.76 Å². The quantitative estimate of drug-likeness (QED) is 0.272. The van der Waals surface area contributed by atoms with E-state index < -0.39 is 17.7 Å². The van der Waals surface area contributed by atoms with Gasteiger partial charge in [-0.2, -0.15) is 0 Å². The molecule has 7 nitrogen and oxygen atoms in total. The summed E-state index contributed by atoms with van der Waals surface area (Å²) in [6, 6.07) is 14.0. The molecule has 2 aromatic carbocycles. The van der Waals surface area contributed by atoms with Gasteiger partial charge < -0.3 is 24.1 Å². The average Bonchev–Trinajstić information content (AvgIpc) is 3.45. The molecule has 0 aliphatic carbocycles. The van der Waals surface area contributed by atoms with E-state index in [9.17, 15) is 14.7 Å². The number of aliphatic hydroxyl groups excluding tert-OH is 1. The molecule has 1 atom stereocenters. The van der Waals surface area contributed by atoms with Crippen molar-refractivity contribution in [1.29, 1.82) is 0 Å². The van der Waals surface area contributed by atoms with E-state index in [4.69, 9.17) is 9.15 Å². The Bertz CT molecular complexity index is 1300. The van der Waals surface area contributed by atoms with Gasteiger partial charge in [-0.05, 0) is 65.9 Å². The van der Waals surface area contributed by atoms with Gasteiger partial charge in [0.15, 0.2) is 0 Å². The standard InChI is InChI=1S/C29H32N2O5/c1-17(2)22-15-23(18(3)14-24(22)35-6)27(32)25-26(19-9-11-20(12-10-19)30(4)5)31(29(34)28(25)33)16-21-8-7-13-36-21/h7-15,17,26,32H,16H2,1-6H3/b27-25+. The molecule has 1 saturated heterocycles. The fourth-order valence-corrected chi connectivity index (χ4v) is 4.64. The van der Waals surface area contributed by atoms with Gasteiger partial charge in [-0.15, -0.1) is 0 Å². The summed E-state index contributed by atoms with van der Waals surface area (Å²) in [4.78, 5) is 30.1. The molecular formula is C29H32N2O5. The number of ketones is 1. The number of anilines is 1. The summed E-state index contributed by atoms with van der Waals surface area (Å²) >= 11 is 0. The molecule has 1 amide bonds. The van der Waals surface area contributed by atoms with Crippen LogP contribution in [0.4, 0.5) is 5.69 Å². The Hall–Kier alpha value is -4.00. The molecule has 4 rings (SSSR count). The number of methoxy groups -OCH3 is 1. The first-order valence-corrected chi connectivity index (χ1v) is 11.9. The third-order valence-corrected chi connectivity index (χ3v) is 6.63. The molecule has 1 N–H and O–H groups in total. The van der Waals surface area contributed by atoms with Gasteiger partial charge in [0.25, 0.3) is 11.7 Å². The Kier molecular flexibility index (Phi) is 6.93. The molecule has 0 bridgehead atoms. The normalized spacial score (nSPS) is 17.2. The number of hydrogen-bond acceptors (Lipinski definition) is 6. The van der Waals surface area contributed by atoms with Crippen LogP contribution in [-0.4, -0.2) is 42.9 Å². The summed E-state index contributed by atoms with van der Waals surface area (Å²) in [6.45, 7) is 6.02. The molecule has 0 spiro atoms. The number of Topliss-reactive ketones (excluding diaryl/α,β-unsaturated/α-hetero) is 1. The molecule has 0 radical (unpaired) electrons. The van der Waals surface area contributed by atoms with Crippen LogP contribution in [-0.2, 0) is 16.1 Å². The molecule has 3 aromatic rings. The molecule has 1 fully saturated rings. The van der Waals surface area contributed by atoms with Gasteiger partial charge in [0, 0.05) is 25.3 Å². The van der Waals surface area contributed by atoms with Gasteiger partial charge in [0.2, 0.25) is 0 Å². The number of carbonyl (C=O) groups is 2. The van der Waals surface area contributed by atoms with Gasteiger partial charge in [0.1, 0.15) is 17.3 Å². The van der Waals surface area contributed by atoms with Crippen LogP contribution >= 0.6 is 0 Å². The van der Waals surface area contributed by atoms with Crippen LogP contribution in [0.3, 0.4) is 0 Å². The Morgan fingerprint density at radius 2 is 1.83 bits per heavy atom. The zero-order valence-corrected chi connectivity index (χ0v) is 21.5. The maximum atomic E-state index is 13.4. The van der Waals surface area contributed by atoms with E-state index in [1.165, 1.54) is 11.2 Å². The molecule has 1 unspecified atom stereocenters. The van der Waals surface area contributed by atoms with E-state index >= 15 is 0 Å². The zero-order valence-electron chi connectivity index (χ0n) is 21.5. The molecule has 0 saturated carbocycles. The lowest BCUT2D eigenvalue weighted by Gasteiger charge is -2.25.